The van der Waals surface area contributed by atoms with Gasteiger partial charge in [0.05, 0.1) is 17.4 Å². The number of unbranched alkanes of at least 4 members (excludes halogenated alkanes) is 1. The number of hydrogen-bond acceptors (Lipinski definition) is 6. The van der Waals surface area contributed by atoms with E-state index in [1.54, 1.807) is 0 Å². The lowest BCUT2D eigenvalue weighted by Crippen LogP contribution is -2.33. The average Bonchev–Trinajstić information content (AvgIpc) is 3.03. The second-order valence-corrected chi connectivity index (χ2v) is 6.47. The van der Waals surface area contributed by atoms with E-state index < -0.39 is 0 Å². The summed E-state index contributed by atoms with van der Waals surface area (Å²) in [5.41, 5.74) is -0.0350. The van der Waals surface area contributed by atoms with Gasteiger partial charge in [0.15, 0.2) is 5.16 Å². The van der Waals surface area contributed by atoms with Gasteiger partial charge in [-0.25, -0.2) is 0 Å². The van der Waals surface area contributed by atoms with Gasteiger partial charge in [0.2, 0.25) is 11.8 Å². The number of carbonyl (C=O) groups is 1. The summed E-state index contributed by atoms with van der Waals surface area (Å²) in [7, 11) is 0. The molecule has 1 aromatic heterocycles. The molecule has 8 heteroatoms. The van der Waals surface area contributed by atoms with E-state index in [1.165, 1.54) is 0 Å². The molecule has 128 valence electrons. The van der Waals surface area contributed by atoms with Gasteiger partial charge in [-0.15, -0.1) is 0 Å². The molecule has 0 aliphatic carbocycles. The summed E-state index contributed by atoms with van der Waals surface area (Å²) in [5.74, 6) is -0.268. The summed E-state index contributed by atoms with van der Waals surface area (Å²) in [4.78, 5) is 30.3. The van der Waals surface area contributed by atoms with Crippen LogP contribution in [0.2, 0.25) is 0 Å². The number of aromatic hydroxyl groups is 1. The molecule has 1 aromatic rings. The van der Waals surface area contributed by atoms with Gasteiger partial charge < -0.3 is 20.1 Å². The highest BCUT2D eigenvalue weighted by molar-refractivity contribution is 7.99. The fourth-order valence-electron chi connectivity index (χ4n) is 2.33. The van der Waals surface area contributed by atoms with Crippen LogP contribution < -0.4 is 10.9 Å². The molecule has 1 fully saturated rings. The molecule has 3 N–H and O–H groups in total. The zero-order valence-electron chi connectivity index (χ0n) is 13.3. The Morgan fingerprint density at radius 1 is 1.57 bits per heavy atom. The standard InChI is InChI=1S/C15H23N3O4S/c1-2-3-6-11-13(20)17-15(18-14(11)21)23-9-12(19)16-8-10-5-4-7-22-10/h10H,2-9H2,1H3,(H,16,19)(H2,17,18,20,21)/t10-/m1/s1. The van der Waals surface area contributed by atoms with E-state index in [0.717, 1.165) is 44.1 Å². The molecule has 1 saturated heterocycles. The van der Waals surface area contributed by atoms with Gasteiger partial charge in [-0.3, -0.25) is 9.59 Å². The number of nitrogens with one attached hydrogen (secondary N) is 2. The minimum Gasteiger partial charge on any atom is -0.493 e. The molecule has 1 aliphatic rings. The van der Waals surface area contributed by atoms with Crippen molar-refractivity contribution in [2.24, 2.45) is 0 Å². The number of H-pyrrole nitrogens is 1. The van der Waals surface area contributed by atoms with Crippen molar-refractivity contribution in [2.75, 3.05) is 18.9 Å². The van der Waals surface area contributed by atoms with E-state index in [9.17, 15) is 14.7 Å². The molecule has 1 atom stereocenters. The molecule has 23 heavy (non-hydrogen) atoms. The van der Waals surface area contributed by atoms with Crippen molar-refractivity contribution in [2.45, 2.75) is 50.3 Å². The number of nitrogens with zero attached hydrogens (tertiary/aromatic N) is 1. The van der Waals surface area contributed by atoms with Gasteiger partial charge in [-0.1, -0.05) is 25.1 Å². The predicted octanol–water partition coefficient (Wildman–Crippen LogP) is 1.21. The van der Waals surface area contributed by atoms with Crippen LogP contribution in [0.15, 0.2) is 9.95 Å². The quantitative estimate of drug-likeness (QED) is 0.485. The maximum absolute atomic E-state index is 11.9. The molecule has 1 aliphatic heterocycles. The summed E-state index contributed by atoms with van der Waals surface area (Å²) >= 11 is 1.09. The van der Waals surface area contributed by atoms with E-state index in [4.69, 9.17) is 4.74 Å². The van der Waals surface area contributed by atoms with Crippen molar-refractivity contribution in [3.05, 3.63) is 15.9 Å². The molecule has 0 bridgehead atoms. The Kier molecular flexibility index (Phi) is 6.91. The minimum absolute atomic E-state index is 0.101. The number of ether oxygens (including phenoxy) is 1. The monoisotopic (exact) mass is 341 g/mol. The maximum Gasteiger partial charge on any atom is 0.258 e. The number of aromatic nitrogens is 2. The maximum atomic E-state index is 11.9. The second kappa shape index (κ2) is 8.93. The number of thioether (sulfide) groups is 1. The van der Waals surface area contributed by atoms with Crippen molar-refractivity contribution >= 4 is 17.7 Å². The number of amides is 1. The fourth-order valence-corrected chi connectivity index (χ4v) is 3.02. The van der Waals surface area contributed by atoms with Gasteiger partial charge >= 0.3 is 0 Å². The number of rotatable bonds is 8. The normalized spacial score (nSPS) is 17.3. The molecule has 0 aromatic carbocycles. The number of aromatic amines is 1. The van der Waals surface area contributed by atoms with E-state index in [0.29, 0.717) is 18.5 Å². The Balaban J connectivity index is 1.82. The first kappa shape index (κ1) is 17.8. The molecule has 0 radical (unpaired) electrons. The summed E-state index contributed by atoms with van der Waals surface area (Å²) in [6, 6.07) is 0. The molecule has 0 spiro atoms. The first-order valence-corrected chi connectivity index (χ1v) is 8.92. The summed E-state index contributed by atoms with van der Waals surface area (Å²) in [6.07, 6.45) is 4.34. The second-order valence-electron chi connectivity index (χ2n) is 5.50. The molecular formula is C15H23N3O4S. The Morgan fingerprint density at radius 3 is 3.04 bits per heavy atom. The van der Waals surface area contributed by atoms with Gasteiger partial charge in [0, 0.05) is 13.2 Å². The third kappa shape index (κ3) is 5.54. The van der Waals surface area contributed by atoms with Crippen molar-refractivity contribution in [3.63, 3.8) is 0 Å². The Labute approximate surface area is 139 Å². The molecule has 0 saturated carbocycles. The molecule has 1 amide bonds. The first-order valence-electron chi connectivity index (χ1n) is 7.93. The molecule has 2 rings (SSSR count). The van der Waals surface area contributed by atoms with Crippen LogP contribution in [0.5, 0.6) is 5.88 Å². The smallest absolute Gasteiger partial charge is 0.258 e. The number of carbonyl (C=O) groups excluding carboxylic acids is 1. The van der Waals surface area contributed by atoms with Crippen LogP contribution in [0.3, 0.4) is 0 Å². The molecule has 0 unspecified atom stereocenters. The zero-order valence-corrected chi connectivity index (χ0v) is 14.1. The topological polar surface area (TPSA) is 104 Å². The van der Waals surface area contributed by atoms with Crippen LogP contribution in [0.1, 0.15) is 38.2 Å². The summed E-state index contributed by atoms with van der Waals surface area (Å²) < 4.78 is 5.43. The van der Waals surface area contributed by atoms with Crippen molar-refractivity contribution in [3.8, 4) is 5.88 Å². The Morgan fingerprint density at radius 2 is 2.39 bits per heavy atom. The van der Waals surface area contributed by atoms with Crippen LogP contribution in [-0.2, 0) is 16.0 Å². The third-order valence-corrected chi connectivity index (χ3v) is 4.52. The number of hydrogen-bond donors (Lipinski definition) is 3. The highest BCUT2D eigenvalue weighted by Gasteiger charge is 2.16. The van der Waals surface area contributed by atoms with E-state index in [1.807, 2.05) is 6.92 Å². The predicted molar refractivity (Wildman–Crippen MR) is 87.8 cm³/mol. The summed E-state index contributed by atoms with van der Waals surface area (Å²) in [6.45, 7) is 3.27. The summed E-state index contributed by atoms with van der Waals surface area (Å²) in [5, 5.41) is 12.9. The van der Waals surface area contributed by atoms with E-state index >= 15 is 0 Å². The molecule has 2 heterocycles. The van der Waals surface area contributed by atoms with Crippen LogP contribution in [0.4, 0.5) is 0 Å². The first-order chi connectivity index (χ1) is 11.1. The Hall–Kier alpha value is -1.54. The lowest BCUT2D eigenvalue weighted by atomic mass is 10.1. The highest BCUT2D eigenvalue weighted by atomic mass is 32.2. The Bertz CT molecular complexity index is 585. The lowest BCUT2D eigenvalue weighted by Gasteiger charge is -2.10. The van der Waals surface area contributed by atoms with E-state index in [2.05, 4.69) is 15.3 Å². The van der Waals surface area contributed by atoms with Crippen LogP contribution >= 0.6 is 11.8 Å². The molecule has 7 nitrogen and oxygen atoms in total. The van der Waals surface area contributed by atoms with Gasteiger partial charge in [-0.05, 0) is 25.7 Å². The van der Waals surface area contributed by atoms with Crippen LogP contribution in [-0.4, -0.2) is 46.0 Å². The average molecular weight is 341 g/mol. The van der Waals surface area contributed by atoms with E-state index in [-0.39, 0.29) is 34.4 Å². The largest absolute Gasteiger partial charge is 0.493 e. The minimum atomic E-state index is -0.340. The van der Waals surface area contributed by atoms with Gasteiger partial charge in [0.1, 0.15) is 0 Å². The molecular weight excluding hydrogens is 318 g/mol. The van der Waals surface area contributed by atoms with Gasteiger partial charge in [-0.2, -0.15) is 4.98 Å². The van der Waals surface area contributed by atoms with Gasteiger partial charge in [0.25, 0.3) is 5.56 Å². The third-order valence-electron chi connectivity index (χ3n) is 3.64. The van der Waals surface area contributed by atoms with Crippen LogP contribution in [0, 0.1) is 0 Å². The van der Waals surface area contributed by atoms with Crippen molar-refractivity contribution in [1.82, 2.24) is 15.3 Å². The lowest BCUT2D eigenvalue weighted by molar-refractivity contribution is -0.119. The van der Waals surface area contributed by atoms with Crippen LogP contribution in [0.25, 0.3) is 0 Å². The fraction of sp³-hybridized carbons (Fsp3) is 0.667. The van der Waals surface area contributed by atoms with Crippen molar-refractivity contribution < 1.29 is 14.6 Å². The highest BCUT2D eigenvalue weighted by Crippen LogP contribution is 2.17. The van der Waals surface area contributed by atoms with Crippen molar-refractivity contribution in [1.29, 1.82) is 0 Å². The zero-order chi connectivity index (χ0) is 16.7. The SMILES string of the molecule is CCCCc1c(O)nc(SCC(=O)NC[C@H]2CCCO2)[nH]c1=O.